The third-order valence-electron chi connectivity index (χ3n) is 7.03. The number of halogens is 1. The zero-order valence-corrected chi connectivity index (χ0v) is 25.4. The number of alkyl halides is 1. The van der Waals surface area contributed by atoms with Crippen molar-refractivity contribution in [3.63, 3.8) is 0 Å². The highest BCUT2D eigenvalue weighted by molar-refractivity contribution is 7.85. The fraction of sp³-hybridized carbons (Fsp3) is 0.464. The Kier molecular flexibility index (Phi) is 10.7. The topological polar surface area (TPSA) is 134 Å². The van der Waals surface area contributed by atoms with Crippen molar-refractivity contribution in [3.05, 3.63) is 64.1 Å². The lowest BCUT2D eigenvalue weighted by Crippen LogP contribution is -2.59. The van der Waals surface area contributed by atoms with Crippen LogP contribution in [0.4, 0.5) is 0 Å². The maximum absolute atomic E-state index is 13.5. The minimum atomic E-state index is -1.66. The molecule has 4 rings (SSSR count). The lowest BCUT2D eigenvalue weighted by molar-refractivity contribution is -0.154. The summed E-state index contributed by atoms with van der Waals surface area (Å²) >= 11 is 7.71. The number of hydrogen-bond donors (Lipinski definition) is 3. The van der Waals surface area contributed by atoms with Crippen LogP contribution in [0.2, 0.25) is 0 Å². The van der Waals surface area contributed by atoms with Gasteiger partial charge in [-0.1, -0.05) is 36.4 Å². The van der Waals surface area contributed by atoms with E-state index >= 15 is 0 Å². The number of carboxylic acids is 1. The average molecular weight is 623 g/mol. The molecule has 1 aliphatic carbocycles. The number of nitrogens with one attached hydrogen (secondary N) is 1. The number of aliphatic hydroxyl groups is 1. The van der Waals surface area contributed by atoms with Crippen LogP contribution in [0.25, 0.3) is 0 Å². The van der Waals surface area contributed by atoms with Crippen LogP contribution in [-0.2, 0) is 44.7 Å². The number of thiophene rings is 1. The molecule has 41 heavy (non-hydrogen) atoms. The molecule has 1 aromatic heterocycles. The fourth-order valence-electron chi connectivity index (χ4n) is 4.81. The Labute approximate surface area is 251 Å². The normalized spacial score (nSPS) is 21.9. The van der Waals surface area contributed by atoms with Gasteiger partial charge in [-0.15, -0.1) is 22.9 Å². The van der Waals surface area contributed by atoms with Crippen molar-refractivity contribution in [3.8, 4) is 0 Å². The van der Waals surface area contributed by atoms with Crippen molar-refractivity contribution in [1.82, 2.24) is 14.1 Å². The first-order chi connectivity index (χ1) is 19.6. The van der Waals surface area contributed by atoms with Gasteiger partial charge in [0.2, 0.25) is 5.91 Å². The van der Waals surface area contributed by atoms with Crippen LogP contribution in [-0.4, -0.2) is 97.2 Å². The van der Waals surface area contributed by atoms with Crippen LogP contribution < -0.4 is 0 Å². The SMILES string of the molecule is CCOC(O)CN(C)C(=N)c1ccc(CN2C(=O)CN(S(=O)c3cc4c(s3)CCC(Cl)/C=C\C4)CC2C(=O)O)cc1. The number of aryl methyl sites for hydroxylation is 1. The number of hydrogen-bond acceptors (Lipinski definition) is 7. The van der Waals surface area contributed by atoms with E-state index in [1.165, 1.54) is 20.5 Å². The molecule has 222 valence electrons. The zero-order chi connectivity index (χ0) is 29.7. The molecule has 0 spiro atoms. The molecule has 4 atom stereocenters. The van der Waals surface area contributed by atoms with E-state index in [-0.39, 0.29) is 37.4 Å². The van der Waals surface area contributed by atoms with Gasteiger partial charge in [0, 0.05) is 37.2 Å². The number of allylic oxidation sites excluding steroid dienone is 2. The molecule has 2 aromatic rings. The molecule has 1 saturated heterocycles. The number of carbonyl (C=O) groups excluding carboxylic acids is 1. The van der Waals surface area contributed by atoms with Gasteiger partial charge in [0.1, 0.15) is 27.1 Å². The number of ether oxygens (including phenoxy) is 1. The number of carbonyl (C=O) groups is 2. The maximum Gasteiger partial charge on any atom is 0.327 e. The number of fused-ring (bicyclic) bond motifs is 1. The highest BCUT2D eigenvalue weighted by Crippen LogP contribution is 2.31. The van der Waals surface area contributed by atoms with E-state index in [0.29, 0.717) is 28.4 Å². The van der Waals surface area contributed by atoms with Crippen molar-refractivity contribution in [2.75, 3.05) is 33.3 Å². The lowest BCUT2D eigenvalue weighted by atomic mass is 10.1. The highest BCUT2D eigenvalue weighted by atomic mass is 35.5. The number of likely N-dealkylation sites (N-methyl/N-ethyl adjacent to an activating group) is 1. The summed E-state index contributed by atoms with van der Waals surface area (Å²) in [6.45, 7) is 2.13. The second-order valence-corrected chi connectivity index (χ2v) is 13.4. The summed E-state index contributed by atoms with van der Waals surface area (Å²) < 4.78 is 20.7. The maximum atomic E-state index is 13.5. The predicted molar refractivity (Wildman–Crippen MR) is 159 cm³/mol. The summed E-state index contributed by atoms with van der Waals surface area (Å²) in [6.07, 6.45) is 5.24. The minimum Gasteiger partial charge on any atom is -0.480 e. The van der Waals surface area contributed by atoms with E-state index in [1.54, 1.807) is 43.1 Å². The number of carboxylic acid groups (broad SMARTS) is 1. The van der Waals surface area contributed by atoms with Gasteiger partial charge in [-0.25, -0.2) is 13.3 Å². The first-order valence-corrected chi connectivity index (χ1v) is 15.7. The molecular weight excluding hydrogens is 588 g/mol. The minimum absolute atomic E-state index is 0.0365. The van der Waals surface area contributed by atoms with E-state index in [0.717, 1.165) is 23.3 Å². The quantitative estimate of drug-likeness (QED) is 0.122. The number of benzene rings is 1. The van der Waals surface area contributed by atoms with Crippen molar-refractivity contribution in [1.29, 1.82) is 5.41 Å². The molecule has 4 unspecified atom stereocenters. The molecule has 10 nitrogen and oxygen atoms in total. The second kappa shape index (κ2) is 14.0. The van der Waals surface area contributed by atoms with Gasteiger partial charge >= 0.3 is 5.97 Å². The first kappa shape index (κ1) is 31.3. The van der Waals surface area contributed by atoms with E-state index in [4.69, 9.17) is 21.7 Å². The lowest BCUT2D eigenvalue weighted by Gasteiger charge is -2.38. The third-order valence-corrected chi connectivity index (χ3v) is 10.3. The summed E-state index contributed by atoms with van der Waals surface area (Å²) in [5.41, 5.74) is 2.39. The highest BCUT2D eigenvalue weighted by Gasteiger charge is 2.39. The van der Waals surface area contributed by atoms with Gasteiger partial charge in [0.05, 0.1) is 18.5 Å². The second-order valence-electron chi connectivity index (χ2n) is 9.98. The Morgan fingerprint density at radius 1 is 1.34 bits per heavy atom. The Balaban J connectivity index is 1.42. The standard InChI is InChI=1S/C28H35ClN4O6S2/c1-3-39-25(35)17-31(2)27(30)19-9-7-18(8-10-19)14-33-22(28(36)37)15-32(16-24(33)34)41(38)26-13-20-5-4-6-21(29)11-12-23(20)40-26/h4,6-10,13,21-22,25,30,35H,3,5,11-12,14-17H2,1-2H3,(H,36,37)/b6-4-,30-27?. The number of piperazine rings is 1. The van der Waals surface area contributed by atoms with E-state index in [2.05, 4.69) is 0 Å². The summed E-state index contributed by atoms with van der Waals surface area (Å²) in [7, 11) is 0.0149. The third kappa shape index (κ3) is 7.82. The number of nitrogens with zero attached hydrogens (tertiary/aromatic N) is 3. The fourth-order valence-corrected chi connectivity index (χ4v) is 7.86. The van der Waals surface area contributed by atoms with Crippen LogP contribution >= 0.6 is 22.9 Å². The van der Waals surface area contributed by atoms with Crippen molar-refractivity contribution in [2.24, 2.45) is 0 Å². The molecule has 1 aliphatic heterocycles. The van der Waals surface area contributed by atoms with Crippen LogP contribution in [0.5, 0.6) is 0 Å². The number of amides is 1. The Hall–Kier alpha value is -2.61. The Morgan fingerprint density at radius 3 is 2.76 bits per heavy atom. The monoisotopic (exact) mass is 622 g/mol. The molecule has 3 N–H and O–H groups in total. The first-order valence-electron chi connectivity index (χ1n) is 13.4. The largest absolute Gasteiger partial charge is 0.480 e. The van der Waals surface area contributed by atoms with Crippen LogP contribution in [0, 0.1) is 5.41 Å². The number of rotatable bonds is 10. The van der Waals surface area contributed by atoms with Crippen molar-refractivity contribution in [2.45, 2.75) is 54.6 Å². The molecule has 2 aliphatic rings. The summed E-state index contributed by atoms with van der Waals surface area (Å²) in [5, 5.41) is 28.2. The molecule has 13 heteroatoms. The molecule has 1 fully saturated rings. The van der Waals surface area contributed by atoms with E-state index in [1.807, 2.05) is 18.2 Å². The molecule has 2 heterocycles. The van der Waals surface area contributed by atoms with Gasteiger partial charge in [-0.3, -0.25) is 10.2 Å². The molecule has 1 amide bonds. The van der Waals surface area contributed by atoms with Crippen LogP contribution in [0.3, 0.4) is 0 Å². The molecule has 0 radical (unpaired) electrons. The number of amidine groups is 1. The van der Waals surface area contributed by atoms with Gasteiger partial charge in [0.15, 0.2) is 6.29 Å². The Bertz CT molecular complexity index is 1320. The average Bonchev–Trinajstić information content (AvgIpc) is 3.33. The number of aliphatic carboxylic acids is 1. The number of aliphatic hydroxyl groups excluding tert-OH is 1. The molecular formula is C28H35ClN4O6S2. The van der Waals surface area contributed by atoms with Gasteiger partial charge in [-0.2, -0.15) is 0 Å². The summed E-state index contributed by atoms with van der Waals surface area (Å²) in [4.78, 5) is 29.4. The molecule has 0 saturated carbocycles. The van der Waals surface area contributed by atoms with Gasteiger partial charge in [0.25, 0.3) is 0 Å². The Morgan fingerprint density at radius 2 is 2.07 bits per heavy atom. The van der Waals surface area contributed by atoms with Crippen LogP contribution in [0.1, 0.15) is 34.9 Å². The van der Waals surface area contributed by atoms with Crippen molar-refractivity contribution < 1.29 is 28.7 Å². The zero-order valence-electron chi connectivity index (χ0n) is 23.0. The van der Waals surface area contributed by atoms with E-state index in [9.17, 15) is 24.0 Å². The molecule has 0 bridgehead atoms. The van der Waals surface area contributed by atoms with Gasteiger partial charge < -0.3 is 24.7 Å². The summed E-state index contributed by atoms with van der Waals surface area (Å²) in [6, 6.07) is 7.67. The van der Waals surface area contributed by atoms with E-state index < -0.39 is 35.2 Å². The summed E-state index contributed by atoms with van der Waals surface area (Å²) in [5.74, 6) is -1.39. The van der Waals surface area contributed by atoms with Crippen LogP contribution in [0.15, 0.2) is 46.7 Å². The van der Waals surface area contributed by atoms with Gasteiger partial charge in [-0.05, 0) is 43.4 Å². The molecule has 1 aromatic carbocycles. The van der Waals surface area contributed by atoms with Crippen molar-refractivity contribution >= 4 is 51.6 Å². The predicted octanol–water partition coefficient (Wildman–Crippen LogP) is 2.83. The smallest absolute Gasteiger partial charge is 0.327 e.